The average molecular weight is 219 g/mol. The number of azide groups is 1. The van der Waals surface area contributed by atoms with E-state index in [0.29, 0.717) is 6.54 Å². The number of rotatable bonds is 5. The van der Waals surface area contributed by atoms with Crippen LogP contribution in [0.15, 0.2) is 35.4 Å². The van der Waals surface area contributed by atoms with Gasteiger partial charge in [0.05, 0.1) is 6.10 Å². The summed E-state index contributed by atoms with van der Waals surface area (Å²) in [6, 6.07) is 9.95. The van der Waals surface area contributed by atoms with Gasteiger partial charge in [-0.2, -0.15) is 0 Å². The summed E-state index contributed by atoms with van der Waals surface area (Å²) in [6.45, 7) is 4.10. The van der Waals surface area contributed by atoms with Crippen molar-refractivity contribution in [3.05, 3.63) is 46.3 Å². The molecular weight excluding hydrogens is 202 g/mol. The number of hydrogen-bond acceptors (Lipinski definition) is 2. The minimum atomic E-state index is -0.485. The minimum absolute atomic E-state index is 0.0432. The smallest absolute Gasteiger partial charge is 0.0547 e. The van der Waals surface area contributed by atoms with Crippen molar-refractivity contribution in [1.82, 2.24) is 0 Å². The van der Waals surface area contributed by atoms with Gasteiger partial charge in [-0.05, 0) is 29.9 Å². The molecule has 0 aliphatic carbocycles. The highest BCUT2D eigenvalue weighted by Crippen LogP contribution is 2.27. The largest absolute Gasteiger partial charge is 0.393 e. The van der Waals surface area contributed by atoms with Gasteiger partial charge < -0.3 is 5.11 Å². The van der Waals surface area contributed by atoms with E-state index in [9.17, 15) is 5.11 Å². The lowest BCUT2D eigenvalue weighted by Gasteiger charge is -2.25. The first kappa shape index (κ1) is 12.6. The molecular formula is C12H17N3O. The van der Waals surface area contributed by atoms with Crippen LogP contribution in [-0.4, -0.2) is 17.8 Å². The van der Waals surface area contributed by atoms with E-state index in [0.717, 1.165) is 5.56 Å². The zero-order chi connectivity index (χ0) is 12.0. The van der Waals surface area contributed by atoms with Crippen molar-refractivity contribution < 1.29 is 5.11 Å². The van der Waals surface area contributed by atoms with Crippen molar-refractivity contribution in [2.24, 2.45) is 11.0 Å². The minimum Gasteiger partial charge on any atom is -0.393 e. The number of aliphatic hydroxyl groups excluding tert-OH is 1. The molecule has 0 aliphatic rings. The molecule has 0 unspecified atom stereocenters. The first-order valence-corrected chi connectivity index (χ1v) is 5.40. The van der Waals surface area contributed by atoms with Crippen LogP contribution in [0.25, 0.3) is 10.4 Å². The third kappa shape index (κ3) is 3.26. The third-order valence-corrected chi connectivity index (χ3v) is 2.94. The first-order chi connectivity index (χ1) is 7.66. The third-order valence-electron chi connectivity index (χ3n) is 2.94. The lowest BCUT2D eigenvalue weighted by molar-refractivity contribution is 0.116. The fourth-order valence-electron chi connectivity index (χ4n) is 1.86. The molecule has 0 radical (unpaired) electrons. The second kappa shape index (κ2) is 6.16. The Bertz CT molecular complexity index is 358. The summed E-state index contributed by atoms with van der Waals surface area (Å²) in [7, 11) is 0. The van der Waals surface area contributed by atoms with Gasteiger partial charge in [0.1, 0.15) is 0 Å². The van der Waals surface area contributed by atoms with Crippen LogP contribution in [-0.2, 0) is 0 Å². The Morgan fingerprint density at radius 1 is 1.31 bits per heavy atom. The number of hydrogen-bond donors (Lipinski definition) is 1. The second-order valence-corrected chi connectivity index (χ2v) is 4.02. The van der Waals surface area contributed by atoms with Gasteiger partial charge in [-0.1, -0.05) is 42.4 Å². The van der Waals surface area contributed by atoms with E-state index in [4.69, 9.17) is 5.53 Å². The zero-order valence-electron chi connectivity index (χ0n) is 9.61. The Kier molecular flexibility index (Phi) is 4.83. The summed E-state index contributed by atoms with van der Waals surface area (Å²) in [4.78, 5) is 2.75. The van der Waals surface area contributed by atoms with Gasteiger partial charge >= 0.3 is 0 Å². The maximum Gasteiger partial charge on any atom is 0.0547 e. The molecule has 4 heteroatoms. The molecule has 16 heavy (non-hydrogen) atoms. The molecule has 1 aromatic carbocycles. The monoisotopic (exact) mass is 219 g/mol. The molecule has 0 saturated carbocycles. The Hall–Kier alpha value is -1.51. The molecule has 0 aromatic heterocycles. The summed E-state index contributed by atoms with van der Waals surface area (Å²) >= 11 is 0. The summed E-state index contributed by atoms with van der Waals surface area (Å²) in [5, 5.41) is 13.2. The van der Waals surface area contributed by atoms with Crippen LogP contribution in [0.5, 0.6) is 0 Å². The van der Waals surface area contributed by atoms with Crippen LogP contribution < -0.4 is 0 Å². The fourth-order valence-corrected chi connectivity index (χ4v) is 1.86. The first-order valence-electron chi connectivity index (χ1n) is 5.40. The molecule has 0 spiro atoms. The molecule has 0 amide bonds. The highest BCUT2D eigenvalue weighted by Gasteiger charge is 2.22. The van der Waals surface area contributed by atoms with Gasteiger partial charge in [0, 0.05) is 11.5 Å². The summed E-state index contributed by atoms with van der Waals surface area (Å²) in [6.07, 6.45) is -0.485. The molecule has 0 aliphatic heterocycles. The standard InChI is InChI=1S/C12H17N3O/c1-9(11-6-4-3-5-7-11)12(10(2)16)8-14-15-13/h3-7,9-10,12,16H,8H2,1-2H3/t9-,10-,12+/m1/s1. The predicted molar refractivity (Wildman–Crippen MR) is 64.0 cm³/mol. The Labute approximate surface area is 95.5 Å². The molecule has 1 N–H and O–H groups in total. The van der Waals surface area contributed by atoms with Crippen molar-refractivity contribution in [2.45, 2.75) is 25.9 Å². The van der Waals surface area contributed by atoms with E-state index >= 15 is 0 Å². The SMILES string of the molecule is C[C@H](c1ccccc1)[C@H](CN=[N+]=[N-])[C@@H](C)O. The number of aliphatic hydroxyl groups is 1. The second-order valence-electron chi connectivity index (χ2n) is 4.02. The predicted octanol–water partition coefficient (Wildman–Crippen LogP) is 3.10. The zero-order valence-corrected chi connectivity index (χ0v) is 9.61. The molecule has 0 saturated heterocycles. The fraction of sp³-hybridized carbons (Fsp3) is 0.500. The molecule has 4 nitrogen and oxygen atoms in total. The van der Waals surface area contributed by atoms with E-state index < -0.39 is 6.10 Å². The Morgan fingerprint density at radius 3 is 2.44 bits per heavy atom. The van der Waals surface area contributed by atoms with E-state index in [1.807, 2.05) is 37.3 Å². The van der Waals surface area contributed by atoms with Gasteiger partial charge in [0.15, 0.2) is 0 Å². The van der Waals surface area contributed by atoms with Gasteiger partial charge in [-0.3, -0.25) is 0 Å². The summed E-state index contributed by atoms with van der Waals surface area (Å²) in [5.74, 6) is 0.130. The number of benzene rings is 1. The van der Waals surface area contributed by atoms with Crippen LogP contribution in [0.2, 0.25) is 0 Å². The van der Waals surface area contributed by atoms with E-state index in [-0.39, 0.29) is 11.8 Å². The molecule has 3 atom stereocenters. The lowest BCUT2D eigenvalue weighted by Crippen LogP contribution is -2.25. The topological polar surface area (TPSA) is 69.0 Å². The van der Waals surface area contributed by atoms with Crippen LogP contribution in [0.3, 0.4) is 0 Å². The maximum atomic E-state index is 9.69. The van der Waals surface area contributed by atoms with Gasteiger partial charge in [-0.15, -0.1) is 0 Å². The van der Waals surface area contributed by atoms with Crippen molar-refractivity contribution in [3.63, 3.8) is 0 Å². The van der Waals surface area contributed by atoms with Crippen molar-refractivity contribution in [1.29, 1.82) is 0 Å². The summed E-state index contributed by atoms with van der Waals surface area (Å²) in [5.41, 5.74) is 9.48. The molecule has 0 heterocycles. The Morgan fingerprint density at radius 2 is 1.94 bits per heavy atom. The maximum absolute atomic E-state index is 9.69. The van der Waals surface area contributed by atoms with E-state index in [1.165, 1.54) is 0 Å². The lowest BCUT2D eigenvalue weighted by atomic mass is 9.84. The van der Waals surface area contributed by atoms with Crippen LogP contribution in [0, 0.1) is 5.92 Å². The van der Waals surface area contributed by atoms with Gasteiger partial charge in [0.25, 0.3) is 0 Å². The van der Waals surface area contributed by atoms with Crippen LogP contribution >= 0.6 is 0 Å². The highest BCUT2D eigenvalue weighted by atomic mass is 16.3. The molecule has 0 bridgehead atoms. The molecule has 0 fully saturated rings. The van der Waals surface area contributed by atoms with Crippen molar-refractivity contribution in [2.75, 3.05) is 6.54 Å². The molecule has 1 rings (SSSR count). The van der Waals surface area contributed by atoms with Crippen LogP contribution in [0.1, 0.15) is 25.3 Å². The summed E-state index contributed by atoms with van der Waals surface area (Å²) < 4.78 is 0. The van der Waals surface area contributed by atoms with Crippen molar-refractivity contribution in [3.8, 4) is 0 Å². The quantitative estimate of drug-likeness (QED) is 0.461. The van der Waals surface area contributed by atoms with E-state index in [2.05, 4.69) is 10.0 Å². The average Bonchev–Trinajstić information content (AvgIpc) is 2.30. The van der Waals surface area contributed by atoms with Crippen molar-refractivity contribution >= 4 is 0 Å². The van der Waals surface area contributed by atoms with Crippen LogP contribution in [0.4, 0.5) is 0 Å². The Balaban J connectivity index is 2.82. The van der Waals surface area contributed by atoms with Gasteiger partial charge in [-0.25, -0.2) is 0 Å². The normalized spacial score (nSPS) is 15.9. The van der Waals surface area contributed by atoms with E-state index in [1.54, 1.807) is 6.92 Å². The highest BCUT2D eigenvalue weighted by molar-refractivity contribution is 5.20. The molecule has 86 valence electrons. The van der Waals surface area contributed by atoms with Gasteiger partial charge in [0.2, 0.25) is 0 Å². The molecule has 1 aromatic rings. The number of nitrogens with zero attached hydrogens (tertiary/aromatic N) is 3.